The molecule has 1 unspecified atom stereocenters. The molecule has 1 atom stereocenters. The Kier molecular flexibility index (Phi) is 5.14. The molecule has 132 valence electrons. The van der Waals surface area contributed by atoms with Crippen LogP contribution in [0.2, 0.25) is 0 Å². The summed E-state index contributed by atoms with van der Waals surface area (Å²) in [6.45, 7) is 2.51. The normalized spacial score (nSPS) is 17.6. The molecule has 0 saturated carbocycles. The first-order valence-corrected chi connectivity index (χ1v) is 8.35. The lowest BCUT2D eigenvalue weighted by Crippen LogP contribution is -2.43. The van der Waals surface area contributed by atoms with Crippen molar-refractivity contribution in [1.82, 2.24) is 19.4 Å². The number of carbonyl (C=O) groups excluding carboxylic acids is 1. The minimum absolute atomic E-state index is 0.0812. The number of aromatic nitrogens is 2. The van der Waals surface area contributed by atoms with Crippen LogP contribution in [0.15, 0.2) is 52.2 Å². The molecule has 0 bridgehead atoms. The van der Waals surface area contributed by atoms with Crippen LogP contribution in [0.3, 0.4) is 0 Å². The molecule has 1 saturated heterocycles. The van der Waals surface area contributed by atoms with Gasteiger partial charge in [0.2, 0.25) is 5.91 Å². The van der Waals surface area contributed by atoms with E-state index < -0.39 is 5.69 Å². The van der Waals surface area contributed by atoms with Gasteiger partial charge in [-0.15, -0.1) is 0 Å². The summed E-state index contributed by atoms with van der Waals surface area (Å²) in [5, 5.41) is 2.98. The third kappa shape index (κ3) is 4.24. The lowest BCUT2D eigenvalue weighted by atomic mass is 10.2. The Morgan fingerprint density at radius 2 is 1.96 bits per heavy atom. The predicted molar refractivity (Wildman–Crippen MR) is 94.2 cm³/mol. The molecule has 2 aromatic rings. The molecule has 7 nitrogen and oxygen atoms in total. The molecule has 1 N–H and O–H groups in total. The lowest BCUT2D eigenvalue weighted by Gasteiger charge is -2.17. The van der Waals surface area contributed by atoms with E-state index in [1.54, 1.807) is 0 Å². The minimum atomic E-state index is -0.486. The number of carbonyl (C=O) groups is 1. The van der Waals surface area contributed by atoms with E-state index in [2.05, 4.69) is 22.3 Å². The van der Waals surface area contributed by atoms with Crippen LogP contribution in [0.25, 0.3) is 0 Å². The Bertz CT molecular complexity index is 857. The molecule has 25 heavy (non-hydrogen) atoms. The summed E-state index contributed by atoms with van der Waals surface area (Å²) in [7, 11) is 1.40. The number of rotatable bonds is 5. The van der Waals surface area contributed by atoms with Crippen LogP contribution in [0.4, 0.5) is 0 Å². The second-order valence-corrected chi connectivity index (χ2v) is 6.40. The third-order valence-corrected chi connectivity index (χ3v) is 4.46. The highest BCUT2D eigenvalue weighted by atomic mass is 16.2. The Morgan fingerprint density at radius 1 is 1.20 bits per heavy atom. The van der Waals surface area contributed by atoms with Gasteiger partial charge in [0.15, 0.2) is 0 Å². The molecule has 0 aliphatic carbocycles. The molecular weight excluding hydrogens is 320 g/mol. The van der Waals surface area contributed by atoms with Crippen molar-refractivity contribution in [3.63, 3.8) is 0 Å². The molecular formula is C18H22N4O3. The quantitative estimate of drug-likeness (QED) is 0.826. The van der Waals surface area contributed by atoms with Gasteiger partial charge in [-0.3, -0.25) is 23.6 Å². The van der Waals surface area contributed by atoms with E-state index in [1.807, 2.05) is 18.2 Å². The summed E-state index contributed by atoms with van der Waals surface area (Å²) in [5.41, 5.74) is 0.389. The van der Waals surface area contributed by atoms with Crippen molar-refractivity contribution >= 4 is 5.91 Å². The molecule has 1 fully saturated rings. The molecule has 0 radical (unpaired) electrons. The fourth-order valence-electron chi connectivity index (χ4n) is 3.10. The van der Waals surface area contributed by atoms with Gasteiger partial charge in [0, 0.05) is 45.0 Å². The first kappa shape index (κ1) is 17.2. The van der Waals surface area contributed by atoms with Gasteiger partial charge in [0.1, 0.15) is 6.54 Å². The van der Waals surface area contributed by atoms with Crippen molar-refractivity contribution in [1.29, 1.82) is 0 Å². The summed E-state index contributed by atoms with van der Waals surface area (Å²) >= 11 is 0. The van der Waals surface area contributed by atoms with Crippen LogP contribution in [0.5, 0.6) is 0 Å². The van der Waals surface area contributed by atoms with Gasteiger partial charge in [-0.05, 0) is 12.0 Å². The number of amides is 1. The van der Waals surface area contributed by atoms with E-state index in [0.717, 1.165) is 30.6 Å². The van der Waals surface area contributed by atoms with Crippen molar-refractivity contribution in [3.05, 3.63) is 69.0 Å². The first-order chi connectivity index (χ1) is 12.0. The topological polar surface area (TPSA) is 76.3 Å². The SMILES string of the molecule is Cn1c(=O)ccn(CC(=O)NC2CCN(Cc3ccccc3)C2)c1=O. The molecule has 1 aromatic carbocycles. The second kappa shape index (κ2) is 7.48. The van der Waals surface area contributed by atoms with Gasteiger partial charge >= 0.3 is 5.69 Å². The van der Waals surface area contributed by atoms with Crippen molar-refractivity contribution in [2.24, 2.45) is 7.05 Å². The zero-order valence-corrected chi connectivity index (χ0v) is 14.2. The monoisotopic (exact) mass is 342 g/mol. The van der Waals surface area contributed by atoms with Gasteiger partial charge in [-0.25, -0.2) is 4.79 Å². The highest BCUT2D eigenvalue weighted by Crippen LogP contribution is 2.13. The maximum Gasteiger partial charge on any atom is 0.331 e. The van der Waals surface area contributed by atoms with E-state index in [9.17, 15) is 14.4 Å². The minimum Gasteiger partial charge on any atom is -0.350 e. The van der Waals surface area contributed by atoms with E-state index in [-0.39, 0.29) is 24.1 Å². The number of hydrogen-bond acceptors (Lipinski definition) is 4. The summed E-state index contributed by atoms with van der Waals surface area (Å²) in [5.74, 6) is -0.215. The molecule has 7 heteroatoms. The molecule has 0 spiro atoms. The van der Waals surface area contributed by atoms with Gasteiger partial charge in [-0.2, -0.15) is 0 Å². The van der Waals surface area contributed by atoms with E-state index in [1.165, 1.54) is 29.4 Å². The van der Waals surface area contributed by atoms with Crippen LogP contribution < -0.4 is 16.6 Å². The first-order valence-electron chi connectivity index (χ1n) is 8.35. The predicted octanol–water partition coefficient (Wildman–Crippen LogP) is -0.0623. The molecule has 1 amide bonds. The molecule has 1 aromatic heterocycles. The zero-order chi connectivity index (χ0) is 17.8. The highest BCUT2D eigenvalue weighted by molar-refractivity contribution is 5.76. The maximum atomic E-state index is 12.2. The summed E-state index contributed by atoms with van der Waals surface area (Å²) in [4.78, 5) is 37.9. The van der Waals surface area contributed by atoms with Gasteiger partial charge < -0.3 is 5.32 Å². The average Bonchev–Trinajstić information content (AvgIpc) is 3.03. The smallest absolute Gasteiger partial charge is 0.331 e. The molecule has 1 aliphatic rings. The number of hydrogen-bond donors (Lipinski definition) is 1. The van der Waals surface area contributed by atoms with Crippen LogP contribution in [0, 0.1) is 0 Å². The van der Waals surface area contributed by atoms with Gasteiger partial charge in [0.05, 0.1) is 0 Å². The van der Waals surface area contributed by atoms with Crippen LogP contribution >= 0.6 is 0 Å². The number of likely N-dealkylation sites (tertiary alicyclic amines) is 1. The van der Waals surface area contributed by atoms with Crippen LogP contribution in [-0.2, 0) is 24.9 Å². The van der Waals surface area contributed by atoms with E-state index >= 15 is 0 Å². The zero-order valence-electron chi connectivity index (χ0n) is 14.2. The number of nitrogens with zero attached hydrogens (tertiary/aromatic N) is 3. The highest BCUT2D eigenvalue weighted by Gasteiger charge is 2.23. The van der Waals surface area contributed by atoms with Crippen LogP contribution in [-0.4, -0.2) is 39.1 Å². The van der Waals surface area contributed by atoms with E-state index in [0.29, 0.717) is 0 Å². The van der Waals surface area contributed by atoms with Crippen LogP contribution in [0.1, 0.15) is 12.0 Å². The fourth-order valence-corrected chi connectivity index (χ4v) is 3.10. The number of nitrogens with one attached hydrogen (secondary N) is 1. The summed E-state index contributed by atoms with van der Waals surface area (Å²) in [6.07, 6.45) is 2.25. The third-order valence-electron chi connectivity index (χ3n) is 4.46. The fraction of sp³-hybridized carbons (Fsp3) is 0.389. The lowest BCUT2D eigenvalue weighted by molar-refractivity contribution is -0.122. The average molecular weight is 342 g/mol. The Balaban J connectivity index is 1.53. The van der Waals surface area contributed by atoms with Crippen molar-refractivity contribution < 1.29 is 4.79 Å². The Labute approximate surface area is 145 Å². The van der Waals surface area contributed by atoms with Gasteiger partial charge in [0.25, 0.3) is 5.56 Å². The van der Waals surface area contributed by atoms with E-state index in [4.69, 9.17) is 0 Å². The Morgan fingerprint density at radius 3 is 2.72 bits per heavy atom. The van der Waals surface area contributed by atoms with Crippen molar-refractivity contribution in [2.45, 2.75) is 25.6 Å². The summed E-state index contributed by atoms with van der Waals surface area (Å²) in [6, 6.07) is 11.6. The molecule has 1 aliphatic heterocycles. The largest absolute Gasteiger partial charge is 0.350 e. The second-order valence-electron chi connectivity index (χ2n) is 6.40. The van der Waals surface area contributed by atoms with Crippen molar-refractivity contribution in [2.75, 3.05) is 13.1 Å². The number of benzene rings is 1. The Hall–Kier alpha value is -2.67. The molecule has 3 rings (SSSR count). The maximum absolute atomic E-state index is 12.2. The standard InChI is InChI=1S/C18H22N4O3/c1-20-17(24)8-10-22(18(20)25)13-16(23)19-15-7-9-21(12-15)11-14-5-3-2-4-6-14/h2-6,8,10,15H,7,9,11-13H2,1H3,(H,19,23). The van der Waals surface area contributed by atoms with Gasteiger partial charge in [-0.1, -0.05) is 30.3 Å². The van der Waals surface area contributed by atoms with Crippen molar-refractivity contribution in [3.8, 4) is 0 Å². The molecule has 2 heterocycles. The summed E-state index contributed by atoms with van der Waals surface area (Å²) < 4.78 is 2.23.